The van der Waals surface area contributed by atoms with Gasteiger partial charge in [0, 0.05) is 15.3 Å². The molecule has 3 rings (SSSR count). The van der Waals surface area contributed by atoms with Gasteiger partial charge >= 0.3 is 0 Å². The Morgan fingerprint density at radius 3 is 2.52 bits per heavy atom. The van der Waals surface area contributed by atoms with Crippen molar-refractivity contribution in [2.75, 3.05) is 0 Å². The van der Waals surface area contributed by atoms with Crippen LogP contribution in [0.5, 0.6) is 0 Å². The van der Waals surface area contributed by atoms with Gasteiger partial charge in [-0.2, -0.15) is 0 Å². The Hall–Kier alpha value is -0.850. The van der Waals surface area contributed by atoms with Gasteiger partial charge < -0.3 is 0 Å². The summed E-state index contributed by atoms with van der Waals surface area (Å²) in [5, 5.41) is -0.248. The Balaban J connectivity index is 2.35. The van der Waals surface area contributed by atoms with E-state index < -0.39 is 5.82 Å². The first-order valence-electron chi connectivity index (χ1n) is 6.25. The molecule has 1 heterocycles. The highest BCUT2D eigenvalue weighted by atomic mass is 127. The second-order valence-electron chi connectivity index (χ2n) is 4.65. The van der Waals surface area contributed by atoms with E-state index in [1.165, 1.54) is 12.1 Å². The number of fused-ring (bicyclic) bond motifs is 1. The number of halogens is 4. The van der Waals surface area contributed by atoms with Gasteiger partial charge in [-0.3, -0.25) is 4.57 Å². The molecule has 0 aliphatic carbocycles. The zero-order valence-corrected chi connectivity index (χ0v) is 14.6. The molecule has 0 N–H and O–H groups in total. The number of nitrogens with zero attached hydrogens (tertiary/aromatic N) is 2. The van der Waals surface area contributed by atoms with E-state index in [0.717, 1.165) is 9.26 Å². The highest BCUT2D eigenvalue weighted by Gasteiger charge is 2.18. The Kier molecular flexibility index (Phi) is 4.12. The van der Waals surface area contributed by atoms with Gasteiger partial charge in [0.25, 0.3) is 0 Å². The molecule has 0 aliphatic heterocycles. The second-order valence-corrected chi connectivity index (χ2v) is 6.96. The maximum Gasteiger partial charge on any atom is 0.144 e. The third-order valence-corrected chi connectivity index (χ3v) is 4.37. The molecule has 3 aromatic rings. The fraction of sp³-hybridized carbons (Fsp3) is 0.133. The highest BCUT2D eigenvalue weighted by Crippen LogP contribution is 2.31. The number of hydrogen-bond acceptors (Lipinski definition) is 1. The van der Waals surface area contributed by atoms with E-state index in [-0.39, 0.29) is 10.4 Å². The molecule has 0 radical (unpaired) electrons. The summed E-state index contributed by atoms with van der Waals surface area (Å²) in [4.78, 5) is 4.49. The van der Waals surface area contributed by atoms with Crippen molar-refractivity contribution in [3.8, 4) is 5.69 Å². The number of rotatable bonds is 2. The minimum atomic E-state index is -0.468. The smallest absolute Gasteiger partial charge is 0.144 e. The molecule has 0 amide bonds. The number of benzene rings is 2. The quantitative estimate of drug-likeness (QED) is 0.372. The van der Waals surface area contributed by atoms with Crippen molar-refractivity contribution >= 4 is 56.8 Å². The molecule has 2 nitrogen and oxygen atoms in total. The molecule has 1 unspecified atom stereocenters. The van der Waals surface area contributed by atoms with Crippen LogP contribution in [0.2, 0.25) is 5.02 Å². The lowest BCUT2D eigenvalue weighted by Crippen LogP contribution is -2.02. The average Bonchev–Trinajstić information content (AvgIpc) is 2.79. The zero-order valence-electron chi connectivity index (χ0n) is 10.9. The van der Waals surface area contributed by atoms with Crippen molar-refractivity contribution in [3.05, 3.63) is 56.6 Å². The number of alkyl halides is 1. The molecule has 21 heavy (non-hydrogen) atoms. The Morgan fingerprint density at radius 2 is 1.90 bits per heavy atom. The molecule has 6 heteroatoms. The van der Waals surface area contributed by atoms with Crippen molar-refractivity contribution in [3.63, 3.8) is 0 Å². The normalized spacial score (nSPS) is 12.8. The molecule has 0 bridgehead atoms. The molecule has 0 saturated heterocycles. The van der Waals surface area contributed by atoms with E-state index in [2.05, 4.69) is 27.6 Å². The molecule has 0 spiro atoms. The summed E-state index contributed by atoms with van der Waals surface area (Å²) in [5.41, 5.74) is 2.17. The Labute approximate surface area is 145 Å². The summed E-state index contributed by atoms with van der Waals surface area (Å²) in [6.07, 6.45) is 0. The van der Waals surface area contributed by atoms with Gasteiger partial charge in [-0.15, -0.1) is 11.6 Å². The van der Waals surface area contributed by atoms with Crippen molar-refractivity contribution in [2.24, 2.45) is 0 Å². The standard InChI is InChI=1S/C15H10Cl2FIN2/c1-8(16)15-20-13-6-11(17)12(18)7-14(13)21(15)10-4-2-9(19)3-5-10/h2-8H,1H3. The SMILES string of the molecule is CC(Cl)c1nc2cc(Cl)c(F)cc2n1-c1ccc(I)cc1. The van der Waals surface area contributed by atoms with Gasteiger partial charge in [0.2, 0.25) is 0 Å². The van der Waals surface area contributed by atoms with E-state index >= 15 is 0 Å². The van der Waals surface area contributed by atoms with Crippen molar-refractivity contribution in [1.82, 2.24) is 9.55 Å². The third-order valence-electron chi connectivity index (χ3n) is 3.16. The van der Waals surface area contributed by atoms with Crippen LogP contribution in [-0.2, 0) is 0 Å². The number of imidazole rings is 1. The molecule has 0 fully saturated rings. The van der Waals surface area contributed by atoms with Crippen LogP contribution in [0.25, 0.3) is 16.7 Å². The lowest BCUT2D eigenvalue weighted by molar-refractivity contribution is 0.629. The van der Waals surface area contributed by atoms with Gasteiger partial charge in [0.05, 0.1) is 21.4 Å². The van der Waals surface area contributed by atoms with Gasteiger partial charge in [-0.25, -0.2) is 9.37 Å². The molecular weight excluding hydrogens is 425 g/mol. The fourth-order valence-electron chi connectivity index (χ4n) is 2.22. The van der Waals surface area contributed by atoms with Crippen molar-refractivity contribution in [2.45, 2.75) is 12.3 Å². The predicted molar refractivity (Wildman–Crippen MR) is 93.0 cm³/mol. The Morgan fingerprint density at radius 1 is 1.24 bits per heavy atom. The average molecular weight is 435 g/mol. The lowest BCUT2D eigenvalue weighted by Gasteiger charge is -2.10. The molecule has 2 aromatic carbocycles. The molecule has 0 aliphatic rings. The maximum atomic E-state index is 13.8. The van der Waals surface area contributed by atoms with E-state index in [4.69, 9.17) is 23.2 Å². The van der Waals surface area contributed by atoms with Crippen LogP contribution in [0.3, 0.4) is 0 Å². The topological polar surface area (TPSA) is 17.8 Å². The minimum absolute atomic E-state index is 0.0588. The van der Waals surface area contributed by atoms with Crippen LogP contribution >= 0.6 is 45.8 Å². The van der Waals surface area contributed by atoms with Crippen molar-refractivity contribution in [1.29, 1.82) is 0 Å². The molecule has 108 valence electrons. The summed E-state index contributed by atoms with van der Waals surface area (Å²) in [7, 11) is 0. The monoisotopic (exact) mass is 434 g/mol. The highest BCUT2D eigenvalue weighted by molar-refractivity contribution is 14.1. The van der Waals surface area contributed by atoms with E-state index in [9.17, 15) is 4.39 Å². The van der Waals surface area contributed by atoms with Crippen LogP contribution < -0.4 is 0 Å². The van der Waals surface area contributed by atoms with Crippen molar-refractivity contribution < 1.29 is 4.39 Å². The largest absolute Gasteiger partial charge is 0.295 e. The fourth-order valence-corrected chi connectivity index (χ4v) is 2.88. The minimum Gasteiger partial charge on any atom is -0.295 e. The van der Waals surface area contributed by atoms with Crippen LogP contribution in [0.4, 0.5) is 4.39 Å². The summed E-state index contributed by atoms with van der Waals surface area (Å²) < 4.78 is 16.8. The van der Waals surface area contributed by atoms with Gasteiger partial charge in [0.1, 0.15) is 11.6 Å². The van der Waals surface area contributed by atoms with E-state index in [1.54, 1.807) is 0 Å². The zero-order chi connectivity index (χ0) is 15.1. The number of aromatic nitrogens is 2. The lowest BCUT2D eigenvalue weighted by atomic mass is 10.2. The molecule has 1 aromatic heterocycles. The first kappa shape index (κ1) is 15.1. The first-order valence-corrected chi connectivity index (χ1v) is 8.14. The maximum absolute atomic E-state index is 13.8. The van der Waals surface area contributed by atoms with E-state index in [0.29, 0.717) is 16.9 Å². The van der Waals surface area contributed by atoms with E-state index in [1.807, 2.05) is 35.8 Å². The predicted octanol–water partition coefficient (Wildman–Crippen LogP) is 5.72. The third kappa shape index (κ3) is 2.76. The summed E-state index contributed by atoms with van der Waals surface area (Å²) >= 11 is 14.3. The summed E-state index contributed by atoms with van der Waals surface area (Å²) in [5.74, 6) is 0.194. The Bertz CT molecular complexity index is 813. The van der Waals surface area contributed by atoms with Gasteiger partial charge in [-0.1, -0.05) is 11.6 Å². The second kappa shape index (κ2) is 5.74. The summed E-state index contributed by atoms with van der Waals surface area (Å²) in [6.45, 7) is 1.84. The van der Waals surface area contributed by atoms with Gasteiger partial charge in [0.15, 0.2) is 0 Å². The van der Waals surface area contributed by atoms with Crippen LogP contribution in [0.1, 0.15) is 18.1 Å². The molecular formula is C15H10Cl2FIN2. The van der Waals surface area contributed by atoms with Crippen LogP contribution in [0.15, 0.2) is 36.4 Å². The van der Waals surface area contributed by atoms with Crippen LogP contribution in [0, 0.1) is 9.39 Å². The molecule has 0 saturated carbocycles. The summed E-state index contributed by atoms with van der Waals surface area (Å²) in [6, 6.07) is 10.8. The number of hydrogen-bond donors (Lipinski definition) is 0. The van der Waals surface area contributed by atoms with Gasteiger partial charge in [-0.05, 0) is 59.8 Å². The first-order chi connectivity index (χ1) is 9.97. The molecule has 1 atom stereocenters. The van der Waals surface area contributed by atoms with Crippen LogP contribution in [-0.4, -0.2) is 9.55 Å².